The van der Waals surface area contributed by atoms with Gasteiger partial charge in [-0.2, -0.15) is 0 Å². The zero-order valence-electron chi connectivity index (χ0n) is 13.6. The molecule has 0 aromatic heterocycles. The minimum atomic E-state index is -4.40. The first-order chi connectivity index (χ1) is 12.1. The molecule has 128 valence electrons. The predicted molar refractivity (Wildman–Crippen MR) is 99.1 cm³/mol. The molecular weight excluding hydrogens is 333 g/mol. The summed E-state index contributed by atoms with van der Waals surface area (Å²) in [5.74, 6) is -1.08. The Morgan fingerprint density at radius 1 is 0.640 bits per heavy atom. The van der Waals surface area contributed by atoms with Crippen LogP contribution in [0.4, 0.5) is 0 Å². The van der Waals surface area contributed by atoms with Crippen molar-refractivity contribution in [2.24, 2.45) is 0 Å². The lowest BCUT2D eigenvalue weighted by Crippen LogP contribution is -2.27. The van der Waals surface area contributed by atoms with Crippen LogP contribution in [0.3, 0.4) is 0 Å². The van der Waals surface area contributed by atoms with Gasteiger partial charge in [0.05, 0.1) is 6.04 Å². The summed E-state index contributed by atoms with van der Waals surface area (Å²) in [7, 11) is -4.40. The monoisotopic (exact) mass is 353 g/mol. The second kappa shape index (κ2) is 7.77. The van der Waals surface area contributed by atoms with Crippen molar-refractivity contribution in [3.05, 3.63) is 108 Å². The van der Waals surface area contributed by atoms with E-state index >= 15 is 0 Å². The minimum Gasteiger partial charge on any atom is -0.323 e. The van der Waals surface area contributed by atoms with Crippen molar-refractivity contribution >= 4 is 7.60 Å². The summed E-state index contributed by atoms with van der Waals surface area (Å²) >= 11 is 0. The van der Waals surface area contributed by atoms with E-state index < -0.39 is 13.4 Å². The quantitative estimate of drug-likeness (QED) is 0.580. The first kappa shape index (κ1) is 17.6. The fraction of sp³-hybridized carbons (Fsp3) is 0.100. The van der Waals surface area contributed by atoms with Crippen LogP contribution in [0.25, 0.3) is 0 Å². The van der Waals surface area contributed by atoms with Crippen LogP contribution in [0.5, 0.6) is 0 Å². The van der Waals surface area contributed by atoms with E-state index in [4.69, 9.17) is 0 Å². The van der Waals surface area contributed by atoms with Crippen molar-refractivity contribution in [1.29, 1.82) is 0 Å². The van der Waals surface area contributed by atoms with Crippen molar-refractivity contribution in [2.45, 2.75) is 11.8 Å². The third-order valence-corrected chi connectivity index (χ3v) is 5.16. The van der Waals surface area contributed by atoms with E-state index in [1.807, 2.05) is 66.7 Å². The van der Waals surface area contributed by atoms with E-state index in [2.05, 4.69) is 5.32 Å². The van der Waals surface area contributed by atoms with Gasteiger partial charge in [0.25, 0.3) is 0 Å². The van der Waals surface area contributed by atoms with Gasteiger partial charge in [-0.05, 0) is 16.7 Å². The zero-order chi connectivity index (χ0) is 17.7. The van der Waals surface area contributed by atoms with E-state index in [9.17, 15) is 14.4 Å². The topological polar surface area (TPSA) is 69.6 Å². The minimum absolute atomic E-state index is 0.333. The molecular formula is C20H20NO3P. The van der Waals surface area contributed by atoms with Crippen molar-refractivity contribution in [1.82, 2.24) is 5.32 Å². The maximum Gasteiger partial charge on any atom is 0.346 e. The Labute approximate surface area is 147 Å². The highest BCUT2D eigenvalue weighted by molar-refractivity contribution is 7.52. The molecule has 0 amide bonds. The van der Waals surface area contributed by atoms with E-state index in [0.717, 1.165) is 11.1 Å². The largest absolute Gasteiger partial charge is 0.346 e. The molecule has 0 aliphatic heterocycles. The van der Waals surface area contributed by atoms with Gasteiger partial charge < -0.3 is 9.79 Å². The summed E-state index contributed by atoms with van der Waals surface area (Å²) in [5.41, 5.74) is 2.46. The SMILES string of the molecule is O=P(O)(O)[C@@H](NC(c1ccccc1)c1ccccc1)c1ccccc1. The molecule has 3 aromatic carbocycles. The Morgan fingerprint density at radius 2 is 1.00 bits per heavy atom. The van der Waals surface area contributed by atoms with E-state index in [-0.39, 0.29) is 6.04 Å². The van der Waals surface area contributed by atoms with Gasteiger partial charge in [-0.25, -0.2) is 0 Å². The van der Waals surface area contributed by atoms with Gasteiger partial charge in [0.1, 0.15) is 5.78 Å². The lowest BCUT2D eigenvalue weighted by Gasteiger charge is -2.27. The molecule has 0 saturated carbocycles. The average Bonchev–Trinajstić information content (AvgIpc) is 2.63. The highest BCUT2D eigenvalue weighted by Gasteiger charge is 2.33. The summed E-state index contributed by atoms with van der Waals surface area (Å²) in [6.45, 7) is 0. The smallest absolute Gasteiger partial charge is 0.323 e. The van der Waals surface area contributed by atoms with Crippen LogP contribution in [0.2, 0.25) is 0 Å². The molecule has 0 radical (unpaired) electrons. The number of benzene rings is 3. The molecule has 5 heteroatoms. The van der Waals surface area contributed by atoms with Gasteiger partial charge in [-0.3, -0.25) is 9.88 Å². The highest BCUT2D eigenvalue weighted by atomic mass is 31.2. The van der Waals surface area contributed by atoms with Gasteiger partial charge in [0, 0.05) is 0 Å². The van der Waals surface area contributed by atoms with Crippen LogP contribution >= 0.6 is 7.60 Å². The van der Waals surface area contributed by atoms with Crippen molar-refractivity contribution < 1.29 is 14.4 Å². The van der Waals surface area contributed by atoms with Gasteiger partial charge in [-0.1, -0.05) is 91.0 Å². The standard InChI is InChI=1S/C20H20NO3P/c22-25(23,24)20(18-14-8-3-9-15-18)21-19(16-10-4-1-5-11-16)17-12-6-2-7-13-17/h1-15,19-21H,(H2,22,23,24)/t20-/m1/s1. The summed E-state index contributed by atoms with van der Waals surface area (Å²) in [5, 5.41) is 3.18. The summed E-state index contributed by atoms with van der Waals surface area (Å²) in [6, 6.07) is 27.8. The fourth-order valence-corrected chi connectivity index (χ4v) is 3.76. The van der Waals surface area contributed by atoms with Gasteiger partial charge >= 0.3 is 7.60 Å². The molecule has 0 saturated heterocycles. The van der Waals surface area contributed by atoms with Crippen LogP contribution in [0, 0.1) is 0 Å². The van der Waals surface area contributed by atoms with Crippen LogP contribution in [-0.2, 0) is 4.57 Å². The van der Waals surface area contributed by atoms with Crippen molar-refractivity contribution in [3.63, 3.8) is 0 Å². The van der Waals surface area contributed by atoms with Gasteiger partial charge in [0.2, 0.25) is 0 Å². The maximum absolute atomic E-state index is 12.2. The molecule has 0 spiro atoms. The number of nitrogens with one attached hydrogen (secondary N) is 1. The molecule has 0 heterocycles. The molecule has 0 fully saturated rings. The predicted octanol–water partition coefficient (Wildman–Crippen LogP) is 4.24. The normalized spacial score (nSPS) is 12.9. The molecule has 3 N–H and O–H groups in total. The molecule has 0 bridgehead atoms. The van der Waals surface area contributed by atoms with Crippen LogP contribution in [-0.4, -0.2) is 9.79 Å². The summed E-state index contributed by atoms with van der Waals surface area (Å²) in [4.78, 5) is 19.8. The Morgan fingerprint density at radius 3 is 1.36 bits per heavy atom. The second-order valence-corrected chi connectivity index (χ2v) is 7.52. The molecule has 3 rings (SSSR count). The molecule has 0 aliphatic rings. The van der Waals surface area contributed by atoms with Crippen LogP contribution in [0.15, 0.2) is 91.0 Å². The Balaban J connectivity index is 2.02. The van der Waals surface area contributed by atoms with E-state index in [1.165, 1.54) is 0 Å². The summed E-state index contributed by atoms with van der Waals surface area (Å²) < 4.78 is 12.2. The average molecular weight is 353 g/mol. The van der Waals surface area contributed by atoms with Crippen LogP contribution < -0.4 is 5.32 Å². The Bertz CT molecular complexity index is 795. The molecule has 4 nitrogen and oxygen atoms in total. The number of hydrogen-bond acceptors (Lipinski definition) is 2. The third kappa shape index (κ3) is 4.44. The van der Waals surface area contributed by atoms with E-state index in [1.54, 1.807) is 24.3 Å². The molecule has 0 aliphatic carbocycles. The maximum atomic E-state index is 12.2. The first-order valence-corrected chi connectivity index (χ1v) is 9.70. The first-order valence-electron chi connectivity index (χ1n) is 8.02. The molecule has 1 atom stereocenters. The lowest BCUT2D eigenvalue weighted by molar-refractivity contribution is 0.343. The van der Waals surface area contributed by atoms with Gasteiger partial charge in [0.15, 0.2) is 0 Å². The molecule has 3 aromatic rings. The third-order valence-electron chi connectivity index (χ3n) is 4.04. The van der Waals surface area contributed by atoms with Gasteiger partial charge in [-0.15, -0.1) is 0 Å². The van der Waals surface area contributed by atoms with Crippen molar-refractivity contribution in [3.8, 4) is 0 Å². The number of rotatable bonds is 6. The summed E-state index contributed by atoms with van der Waals surface area (Å²) in [6.07, 6.45) is 0. The Hall–Kier alpha value is -2.23. The second-order valence-electron chi connectivity index (χ2n) is 5.82. The highest BCUT2D eigenvalue weighted by Crippen LogP contribution is 2.51. The zero-order valence-corrected chi connectivity index (χ0v) is 14.5. The van der Waals surface area contributed by atoms with Crippen LogP contribution in [0.1, 0.15) is 28.5 Å². The Kier molecular flexibility index (Phi) is 5.47. The number of hydrogen-bond donors (Lipinski definition) is 3. The lowest BCUT2D eigenvalue weighted by atomic mass is 9.98. The fourth-order valence-electron chi connectivity index (χ4n) is 2.86. The van der Waals surface area contributed by atoms with Crippen molar-refractivity contribution in [2.75, 3.05) is 0 Å². The molecule has 25 heavy (non-hydrogen) atoms. The van der Waals surface area contributed by atoms with E-state index in [0.29, 0.717) is 5.56 Å². The molecule has 0 unspecified atom stereocenters.